The average molecular weight is 380 g/mol. The zero-order valence-electron chi connectivity index (χ0n) is 13.7. The second-order valence-corrected chi connectivity index (χ2v) is 7.68. The first-order valence-electron chi connectivity index (χ1n) is 8.29. The van der Waals surface area contributed by atoms with Crippen molar-refractivity contribution in [1.29, 1.82) is 0 Å². The molecule has 1 aliphatic carbocycles. The zero-order chi connectivity index (χ0) is 17.7. The summed E-state index contributed by atoms with van der Waals surface area (Å²) in [5.74, 6) is 0.824. The number of allylic oxidation sites excluding steroid dienone is 4. The summed E-state index contributed by atoms with van der Waals surface area (Å²) < 4.78 is 2.08. The predicted molar refractivity (Wildman–Crippen MR) is 105 cm³/mol. The van der Waals surface area contributed by atoms with Crippen LogP contribution in [0, 0.1) is 0 Å². The molecule has 128 valence electrons. The van der Waals surface area contributed by atoms with Gasteiger partial charge in [-0.3, -0.25) is 14.3 Å². The van der Waals surface area contributed by atoms with E-state index in [1.165, 1.54) is 11.8 Å². The van der Waals surface area contributed by atoms with Gasteiger partial charge in [-0.2, -0.15) is 0 Å². The van der Waals surface area contributed by atoms with Crippen LogP contribution in [0.25, 0.3) is 5.70 Å². The number of hydrogen-bond acceptors (Lipinski definition) is 4. The molecule has 0 bridgehead atoms. The van der Waals surface area contributed by atoms with E-state index < -0.39 is 0 Å². The molecule has 1 aromatic carbocycles. The zero-order valence-corrected chi connectivity index (χ0v) is 15.2. The minimum absolute atomic E-state index is 0.0489. The fraction of sp³-hybridized carbons (Fsp3) is 0.100. The third kappa shape index (κ3) is 2.17. The largest absolute Gasteiger partial charge is 0.300 e. The highest BCUT2D eigenvalue weighted by Crippen LogP contribution is 2.49. The molecule has 0 saturated carbocycles. The molecule has 1 atom stereocenters. The number of fused-ring (bicyclic) bond motifs is 3. The number of imidazole rings is 1. The molecular weight excluding hydrogens is 366 g/mol. The van der Waals surface area contributed by atoms with E-state index in [1.54, 1.807) is 30.5 Å². The Kier molecular flexibility index (Phi) is 3.48. The molecular formula is C20H14ClN3OS. The number of hydrogen-bond donors (Lipinski definition) is 0. The van der Waals surface area contributed by atoms with Gasteiger partial charge in [-0.05, 0) is 42.5 Å². The van der Waals surface area contributed by atoms with E-state index in [0.29, 0.717) is 10.6 Å². The van der Waals surface area contributed by atoms with Crippen LogP contribution < -0.4 is 4.90 Å². The van der Waals surface area contributed by atoms with Crippen molar-refractivity contribution in [1.82, 2.24) is 9.55 Å². The van der Waals surface area contributed by atoms with E-state index in [9.17, 15) is 4.79 Å². The van der Waals surface area contributed by atoms with E-state index >= 15 is 0 Å². The second-order valence-electron chi connectivity index (χ2n) is 6.26. The second kappa shape index (κ2) is 5.76. The molecule has 4 nitrogen and oxygen atoms in total. The number of benzene rings is 1. The number of carbonyl (C=O) groups excluding carboxylic acids is 1. The van der Waals surface area contributed by atoms with Gasteiger partial charge in [0.1, 0.15) is 10.6 Å². The molecule has 1 spiro atoms. The number of aromatic nitrogens is 2. The molecule has 1 unspecified atom stereocenters. The lowest BCUT2D eigenvalue weighted by Gasteiger charge is -2.35. The molecule has 0 fully saturated rings. The fourth-order valence-corrected chi connectivity index (χ4v) is 4.63. The fourth-order valence-electron chi connectivity index (χ4n) is 3.63. The third-order valence-corrected chi connectivity index (χ3v) is 5.90. The van der Waals surface area contributed by atoms with Crippen molar-refractivity contribution in [2.75, 3.05) is 4.90 Å². The van der Waals surface area contributed by atoms with Gasteiger partial charge in [0.05, 0.1) is 11.9 Å². The van der Waals surface area contributed by atoms with Crippen LogP contribution in [0.3, 0.4) is 0 Å². The molecule has 0 amide bonds. The van der Waals surface area contributed by atoms with E-state index in [-0.39, 0.29) is 10.7 Å². The maximum Gasteiger partial charge on any atom is 0.225 e. The molecule has 3 aliphatic rings. The Labute approximate surface area is 160 Å². The number of rotatable bonds is 2. The molecule has 0 saturated heterocycles. The van der Waals surface area contributed by atoms with Crippen LogP contribution in [0.15, 0.2) is 78.1 Å². The normalized spacial score (nSPS) is 22.0. The lowest BCUT2D eigenvalue weighted by Crippen LogP contribution is -2.41. The van der Waals surface area contributed by atoms with Gasteiger partial charge in [0.15, 0.2) is 0 Å². The SMILES string of the molecule is O=C(Sc1cnc2n1C1=CCC=CC13C=CC=CN23)c1cccc(Cl)c1. The van der Waals surface area contributed by atoms with Gasteiger partial charge in [0.2, 0.25) is 11.1 Å². The Hall–Kier alpha value is -2.50. The molecule has 6 heteroatoms. The smallest absolute Gasteiger partial charge is 0.225 e. The Morgan fingerprint density at radius 1 is 1.27 bits per heavy atom. The summed E-state index contributed by atoms with van der Waals surface area (Å²) in [7, 11) is 0. The minimum Gasteiger partial charge on any atom is -0.300 e. The molecule has 5 rings (SSSR count). The maximum absolute atomic E-state index is 12.7. The molecule has 0 radical (unpaired) electrons. The minimum atomic E-state index is -0.342. The van der Waals surface area contributed by atoms with Crippen molar-refractivity contribution in [2.45, 2.75) is 17.0 Å². The van der Waals surface area contributed by atoms with Gasteiger partial charge in [-0.1, -0.05) is 48.0 Å². The lowest BCUT2D eigenvalue weighted by molar-refractivity contribution is 0.108. The van der Waals surface area contributed by atoms with Crippen molar-refractivity contribution in [2.24, 2.45) is 0 Å². The van der Waals surface area contributed by atoms with Crippen LogP contribution in [-0.4, -0.2) is 20.2 Å². The Bertz CT molecular complexity index is 1050. The number of carbonyl (C=O) groups is 1. The van der Waals surface area contributed by atoms with Crippen molar-refractivity contribution in [3.8, 4) is 0 Å². The van der Waals surface area contributed by atoms with Gasteiger partial charge in [-0.15, -0.1) is 0 Å². The van der Waals surface area contributed by atoms with Crippen molar-refractivity contribution >= 4 is 40.1 Å². The van der Waals surface area contributed by atoms with Crippen molar-refractivity contribution in [3.05, 3.63) is 83.7 Å². The lowest BCUT2D eigenvalue weighted by atomic mass is 9.88. The highest BCUT2D eigenvalue weighted by atomic mass is 35.5. The summed E-state index contributed by atoms with van der Waals surface area (Å²) in [6.45, 7) is 0. The third-order valence-electron chi connectivity index (χ3n) is 4.75. The van der Waals surface area contributed by atoms with Crippen molar-refractivity contribution < 1.29 is 4.79 Å². The standard InChI is InChI=1S/C20H14ClN3OS/c21-15-7-5-6-14(12-15)18(25)26-17-13-22-19-23-11-4-3-10-20(23)9-2-1-8-16(20)24(17)19/h2-13H,1H2. The summed E-state index contributed by atoms with van der Waals surface area (Å²) >= 11 is 7.20. The van der Waals surface area contributed by atoms with Crippen LogP contribution >= 0.6 is 23.4 Å². The first kappa shape index (κ1) is 15.7. The molecule has 3 heterocycles. The Balaban J connectivity index is 1.56. The maximum atomic E-state index is 12.7. The monoisotopic (exact) mass is 379 g/mol. The van der Waals surface area contributed by atoms with Crippen molar-refractivity contribution in [3.63, 3.8) is 0 Å². The first-order valence-corrected chi connectivity index (χ1v) is 9.48. The molecule has 0 N–H and O–H groups in total. The van der Waals surface area contributed by atoms with Crippen LogP contribution in [0.2, 0.25) is 5.02 Å². The summed E-state index contributed by atoms with van der Waals surface area (Å²) in [5, 5.41) is 1.32. The van der Waals surface area contributed by atoms with E-state index in [0.717, 1.165) is 23.1 Å². The molecule has 26 heavy (non-hydrogen) atoms. The van der Waals surface area contributed by atoms with Crippen LogP contribution in [0.1, 0.15) is 16.8 Å². The highest BCUT2D eigenvalue weighted by Gasteiger charge is 2.47. The predicted octanol–water partition coefficient (Wildman–Crippen LogP) is 4.91. The molecule has 1 aromatic heterocycles. The van der Waals surface area contributed by atoms with E-state index in [1.807, 2.05) is 12.3 Å². The molecule has 2 aromatic rings. The number of thioether (sulfide) groups is 1. The Morgan fingerprint density at radius 2 is 2.19 bits per heavy atom. The summed E-state index contributed by atoms with van der Waals surface area (Å²) in [6, 6.07) is 7.02. The first-order chi connectivity index (χ1) is 12.7. The van der Waals surface area contributed by atoms with Gasteiger partial charge >= 0.3 is 0 Å². The number of halogens is 1. The Morgan fingerprint density at radius 3 is 3.08 bits per heavy atom. The van der Waals surface area contributed by atoms with Crippen LogP contribution in [-0.2, 0) is 0 Å². The van der Waals surface area contributed by atoms with Gasteiger partial charge in [0.25, 0.3) is 0 Å². The quantitative estimate of drug-likeness (QED) is 0.548. The van der Waals surface area contributed by atoms with Gasteiger partial charge < -0.3 is 0 Å². The van der Waals surface area contributed by atoms with Gasteiger partial charge in [-0.25, -0.2) is 4.98 Å². The number of anilines is 1. The molecule has 2 aliphatic heterocycles. The van der Waals surface area contributed by atoms with Crippen LogP contribution in [0.5, 0.6) is 0 Å². The van der Waals surface area contributed by atoms with E-state index in [2.05, 4.69) is 44.8 Å². The summed E-state index contributed by atoms with van der Waals surface area (Å²) in [5.41, 5.74) is 1.36. The topological polar surface area (TPSA) is 38.1 Å². The summed E-state index contributed by atoms with van der Waals surface area (Å²) in [6.07, 6.45) is 17.4. The number of nitrogens with zero attached hydrogens (tertiary/aromatic N) is 3. The van der Waals surface area contributed by atoms with E-state index in [4.69, 9.17) is 11.6 Å². The van der Waals surface area contributed by atoms with Gasteiger partial charge in [0, 0.05) is 16.8 Å². The van der Waals surface area contributed by atoms with Crippen LogP contribution in [0.4, 0.5) is 5.95 Å². The average Bonchev–Trinajstić information content (AvgIpc) is 3.18. The summed E-state index contributed by atoms with van der Waals surface area (Å²) in [4.78, 5) is 19.5. The highest BCUT2D eigenvalue weighted by molar-refractivity contribution is 8.14.